The van der Waals surface area contributed by atoms with Crippen LogP contribution in [-0.4, -0.2) is 45.6 Å². The van der Waals surface area contributed by atoms with Crippen molar-refractivity contribution < 1.29 is 9.90 Å². The van der Waals surface area contributed by atoms with Crippen LogP contribution in [0.15, 0.2) is 24.4 Å². The van der Waals surface area contributed by atoms with Crippen LogP contribution < -0.4 is 10.6 Å². The van der Waals surface area contributed by atoms with Crippen LogP contribution in [0.2, 0.25) is 0 Å². The molecule has 21 heavy (non-hydrogen) atoms. The van der Waals surface area contributed by atoms with E-state index in [1.807, 2.05) is 35.7 Å². The van der Waals surface area contributed by atoms with Crippen molar-refractivity contribution in [3.05, 3.63) is 35.8 Å². The van der Waals surface area contributed by atoms with E-state index in [9.17, 15) is 9.90 Å². The van der Waals surface area contributed by atoms with Gasteiger partial charge in [-0.25, -0.2) is 4.98 Å². The summed E-state index contributed by atoms with van der Waals surface area (Å²) in [5, 5.41) is 15.9. The molecular formula is C15H20N4O2. The number of aromatic nitrogens is 2. The first-order valence-electron chi connectivity index (χ1n) is 7.26. The number of aliphatic hydroxyl groups excluding tert-OH is 1. The standard InChI is InChI=1S/C15H20N4O2/c1-10-12(19-7-3-2-4-14(19)17-10)8-15(21)18-11-5-6-16-9-13(11)20/h2-4,7,11,13,16,20H,5-6,8-9H2,1H3,(H,18,21). The number of imidazole rings is 1. The van der Waals surface area contributed by atoms with Crippen LogP contribution >= 0.6 is 0 Å². The molecule has 2 unspecified atom stereocenters. The van der Waals surface area contributed by atoms with E-state index in [1.54, 1.807) is 0 Å². The molecule has 3 N–H and O–H groups in total. The first kappa shape index (κ1) is 14.0. The molecule has 1 amide bonds. The largest absolute Gasteiger partial charge is 0.390 e. The molecular weight excluding hydrogens is 268 g/mol. The molecule has 112 valence electrons. The molecule has 0 saturated carbocycles. The van der Waals surface area contributed by atoms with Crippen molar-refractivity contribution in [3.8, 4) is 0 Å². The zero-order valence-corrected chi connectivity index (χ0v) is 12.0. The van der Waals surface area contributed by atoms with E-state index in [1.165, 1.54) is 0 Å². The molecule has 0 bridgehead atoms. The van der Waals surface area contributed by atoms with Gasteiger partial charge in [-0.2, -0.15) is 0 Å². The van der Waals surface area contributed by atoms with Crippen molar-refractivity contribution in [3.63, 3.8) is 0 Å². The molecule has 0 aromatic carbocycles. The summed E-state index contributed by atoms with van der Waals surface area (Å²) < 4.78 is 1.94. The second-order valence-electron chi connectivity index (χ2n) is 5.48. The maximum atomic E-state index is 12.2. The van der Waals surface area contributed by atoms with Gasteiger partial charge in [0, 0.05) is 12.7 Å². The number of carbonyl (C=O) groups is 1. The Morgan fingerprint density at radius 2 is 2.43 bits per heavy atom. The lowest BCUT2D eigenvalue weighted by Gasteiger charge is -2.29. The number of nitrogens with zero attached hydrogens (tertiary/aromatic N) is 2. The number of carbonyl (C=O) groups excluding carboxylic acids is 1. The van der Waals surface area contributed by atoms with Gasteiger partial charge in [-0.15, -0.1) is 0 Å². The average Bonchev–Trinajstić information content (AvgIpc) is 2.78. The second kappa shape index (κ2) is 5.83. The van der Waals surface area contributed by atoms with Crippen LogP contribution in [0.1, 0.15) is 17.8 Å². The van der Waals surface area contributed by atoms with Crippen LogP contribution in [-0.2, 0) is 11.2 Å². The Bertz CT molecular complexity index is 652. The second-order valence-corrected chi connectivity index (χ2v) is 5.48. The molecule has 0 aliphatic carbocycles. The van der Waals surface area contributed by atoms with Crippen LogP contribution in [0, 0.1) is 6.92 Å². The normalized spacial score (nSPS) is 22.4. The number of aliphatic hydroxyl groups is 1. The highest BCUT2D eigenvalue weighted by Crippen LogP contribution is 2.13. The first-order chi connectivity index (χ1) is 10.1. The molecule has 0 spiro atoms. The number of β-amino-alcohol motifs (C(OH)–C–C–N with tert-alkyl or cyclic N) is 1. The SMILES string of the molecule is Cc1nc2ccccn2c1CC(=O)NC1CCNCC1O. The minimum Gasteiger partial charge on any atom is -0.390 e. The lowest BCUT2D eigenvalue weighted by molar-refractivity contribution is -0.122. The zero-order chi connectivity index (χ0) is 14.8. The number of aryl methyl sites for hydroxylation is 1. The molecule has 6 heteroatoms. The van der Waals surface area contributed by atoms with Crippen molar-refractivity contribution in [2.75, 3.05) is 13.1 Å². The fourth-order valence-corrected chi connectivity index (χ4v) is 2.80. The average molecular weight is 288 g/mol. The van der Waals surface area contributed by atoms with E-state index in [0.29, 0.717) is 6.54 Å². The molecule has 3 heterocycles. The van der Waals surface area contributed by atoms with Crippen molar-refractivity contribution in [1.82, 2.24) is 20.0 Å². The lowest BCUT2D eigenvalue weighted by Crippen LogP contribution is -2.53. The number of piperidine rings is 1. The lowest BCUT2D eigenvalue weighted by atomic mass is 10.0. The highest BCUT2D eigenvalue weighted by molar-refractivity contribution is 5.79. The predicted molar refractivity (Wildman–Crippen MR) is 79.1 cm³/mol. The van der Waals surface area contributed by atoms with Gasteiger partial charge in [0.2, 0.25) is 5.91 Å². The summed E-state index contributed by atoms with van der Waals surface area (Å²) in [4.78, 5) is 16.7. The van der Waals surface area contributed by atoms with E-state index in [2.05, 4.69) is 15.6 Å². The summed E-state index contributed by atoms with van der Waals surface area (Å²) in [6.45, 7) is 3.26. The number of nitrogens with one attached hydrogen (secondary N) is 2. The molecule has 2 aromatic heterocycles. The third kappa shape index (κ3) is 2.91. The highest BCUT2D eigenvalue weighted by Gasteiger charge is 2.24. The molecule has 2 aromatic rings. The minimum atomic E-state index is -0.522. The van der Waals surface area contributed by atoms with E-state index in [0.717, 1.165) is 30.0 Å². The quantitative estimate of drug-likeness (QED) is 0.744. The Morgan fingerprint density at radius 1 is 1.57 bits per heavy atom. The Hall–Kier alpha value is -1.92. The van der Waals surface area contributed by atoms with Gasteiger partial charge >= 0.3 is 0 Å². The Morgan fingerprint density at radius 3 is 3.24 bits per heavy atom. The summed E-state index contributed by atoms with van der Waals surface area (Å²) in [6.07, 6.45) is 2.41. The molecule has 1 fully saturated rings. The van der Waals surface area contributed by atoms with Gasteiger partial charge in [-0.05, 0) is 32.0 Å². The fraction of sp³-hybridized carbons (Fsp3) is 0.467. The van der Waals surface area contributed by atoms with Gasteiger partial charge in [0.05, 0.1) is 30.0 Å². The van der Waals surface area contributed by atoms with Crippen molar-refractivity contribution in [2.45, 2.75) is 31.9 Å². The number of rotatable bonds is 3. The zero-order valence-electron chi connectivity index (χ0n) is 12.0. The van der Waals surface area contributed by atoms with E-state index in [-0.39, 0.29) is 18.4 Å². The molecule has 1 saturated heterocycles. The number of hydrogen-bond donors (Lipinski definition) is 3. The topological polar surface area (TPSA) is 78.7 Å². The predicted octanol–water partition coefficient (Wildman–Crippen LogP) is 0.0242. The van der Waals surface area contributed by atoms with Crippen molar-refractivity contribution in [2.24, 2.45) is 0 Å². The molecule has 1 aliphatic heterocycles. The summed E-state index contributed by atoms with van der Waals surface area (Å²) in [6, 6.07) is 5.60. The number of amides is 1. The van der Waals surface area contributed by atoms with Crippen LogP contribution in [0.5, 0.6) is 0 Å². The molecule has 6 nitrogen and oxygen atoms in total. The van der Waals surface area contributed by atoms with E-state index in [4.69, 9.17) is 0 Å². The number of pyridine rings is 1. The van der Waals surface area contributed by atoms with Crippen LogP contribution in [0.4, 0.5) is 0 Å². The molecule has 2 atom stereocenters. The fourth-order valence-electron chi connectivity index (χ4n) is 2.80. The summed E-state index contributed by atoms with van der Waals surface area (Å²) in [5.41, 5.74) is 2.61. The first-order valence-corrected chi connectivity index (χ1v) is 7.26. The summed E-state index contributed by atoms with van der Waals surface area (Å²) in [5.74, 6) is -0.0743. The smallest absolute Gasteiger partial charge is 0.226 e. The number of fused-ring (bicyclic) bond motifs is 1. The molecule has 0 radical (unpaired) electrons. The van der Waals surface area contributed by atoms with Gasteiger partial charge in [0.15, 0.2) is 0 Å². The maximum Gasteiger partial charge on any atom is 0.226 e. The van der Waals surface area contributed by atoms with Crippen molar-refractivity contribution >= 4 is 11.6 Å². The van der Waals surface area contributed by atoms with Gasteiger partial charge < -0.3 is 20.1 Å². The third-order valence-corrected chi connectivity index (χ3v) is 3.95. The maximum absolute atomic E-state index is 12.2. The van der Waals surface area contributed by atoms with Gasteiger partial charge in [0.25, 0.3) is 0 Å². The number of hydrogen-bond acceptors (Lipinski definition) is 4. The van der Waals surface area contributed by atoms with E-state index < -0.39 is 6.10 Å². The van der Waals surface area contributed by atoms with Crippen LogP contribution in [0.3, 0.4) is 0 Å². The summed E-state index contributed by atoms with van der Waals surface area (Å²) >= 11 is 0. The molecule has 1 aliphatic rings. The van der Waals surface area contributed by atoms with Crippen molar-refractivity contribution in [1.29, 1.82) is 0 Å². The van der Waals surface area contributed by atoms with E-state index >= 15 is 0 Å². The monoisotopic (exact) mass is 288 g/mol. The van der Waals surface area contributed by atoms with Crippen LogP contribution in [0.25, 0.3) is 5.65 Å². The Kier molecular flexibility index (Phi) is 3.90. The third-order valence-electron chi connectivity index (χ3n) is 3.95. The van der Waals surface area contributed by atoms with Gasteiger partial charge in [-0.3, -0.25) is 4.79 Å². The molecule has 3 rings (SSSR count). The highest BCUT2D eigenvalue weighted by atomic mass is 16.3. The summed E-state index contributed by atoms with van der Waals surface area (Å²) in [7, 11) is 0. The van der Waals surface area contributed by atoms with Gasteiger partial charge in [0.1, 0.15) is 5.65 Å². The van der Waals surface area contributed by atoms with Gasteiger partial charge in [-0.1, -0.05) is 6.07 Å². The Labute approximate surface area is 123 Å². The minimum absolute atomic E-state index is 0.0743. The Balaban J connectivity index is 1.73.